The number of hydrogen-bond donors (Lipinski definition) is 1. The minimum absolute atomic E-state index is 0.186. The lowest BCUT2D eigenvalue weighted by molar-refractivity contribution is -0.136. The van der Waals surface area contributed by atoms with Crippen molar-refractivity contribution >= 4 is 23.4 Å². The summed E-state index contributed by atoms with van der Waals surface area (Å²) < 4.78 is 27.6. The predicted octanol–water partition coefficient (Wildman–Crippen LogP) is 3.52. The topological polar surface area (TPSA) is 75.3 Å². The van der Waals surface area contributed by atoms with Crippen LogP contribution in [0.2, 0.25) is 0 Å². The Hall–Kier alpha value is -3.00. The third kappa shape index (κ3) is 2.70. The van der Waals surface area contributed by atoms with Crippen molar-refractivity contribution in [2.75, 3.05) is 39.2 Å². The van der Waals surface area contributed by atoms with Crippen LogP contribution in [0, 0.1) is 0 Å². The van der Waals surface area contributed by atoms with E-state index in [9.17, 15) is 4.79 Å². The number of methoxy groups -OCH3 is 2. The fraction of sp³-hybridized carbons (Fsp3) is 0.286. The summed E-state index contributed by atoms with van der Waals surface area (Å²) in [4.78, 5) is 13.6. The molecule has 0 amide bonds. The molecule has 1 unspecified atom stereocenters. The zero-order chi connectivity index (χ0) is 20.1. The van der Waals surface area contributed by atoms with Crippen LogP contribution >= 0.6 is 11.8 Å². The van der Waals surface area contributed by atoms with Gasteiger partial charge >= 0.3 is 5.97 Å². The van der Waals surface area contributed by atoms with Gasteiger partial charge in [0.25, 0.3) is 0 Å². The Morgan fingerprint density at radius 3 is 2.59 bits per heavy atom. The van der Waals surface area contributed by atoms with Gasteiger partial charge in [0.1, 0.15) is 6.61 Å². The fourth-order valence-electron chi connectivity index (χ4n) is 4.05. The van der Waals surface area contributed by atoms with E-state index in [0.29, 0.717) is 28.6 Å². The van der Waals surface area contributed by atoms with E-state index < -0.39 is 0 Å². The van der Waals surface area contributed by atoms with E-state index in [1.54, 1.807) is 26.0 Å². The van der Waals surface area contributed by atoms with Crippen LogP contribution in [0.5, 0.6) is 23.0 Å². The molecule has 0 saturated heterocycles. The number of esters is 1. The van der Waals surface area contributed by atoms with Crippen molar-refractivity contribution in [3.63, 3.8) is 0 Å². The second kappa shape index (κ2) is 6.81. The molecule has 150 valence electrons. The van der Waals surface area contributed by atoms with Gasteiger partial charge < -0.3 is 29.0 Å². The lowest BCUT2D eigenvalue weighted by Gasteiger charge is -2.28. The molecule has 3 aliphatic rings. The van der Waals surface area contributed by atoms with Crippen LogP contribution in [-0.2, 0) is 9.53 Å². The van der Waals surface area contributed by atoms with Crippen LogP contribution < -0.4 is 24.3 Å². The van der Waals surface area contributed by atoms with E-state index in [0.717, 1.165) is 27.4 Å². The van der Waals surface area contributed by atoms with Crippen LogP contribution in [-0.4, -0.2) is 39.8 Å². The van der Waals surface area contributed by atoms with Gasteiger partial charge in [-0.1, -0.05) is 0 Å². The number of thioether (sulfide) groups is 1. The molecule has 5 rings (SSSR count). The first-order chi connectivity index (χ1) is 14.1. The average molecular weight is 413 g/mol. The van der Waals surface area contributed by atoms with E-state index in [-0.39, 0.29) is 25.3 Å². The number of carbonyl (C=O) groups excluding carboxylic acids is 1. The first-order valence-electron chi connectivity index (χ1n) is 9.05. The highest BCUT2D eigenvalue weighted by Crippen LogP contribution is 2.50. The van der Waals surface area contributed by atoms with Crippen molar-refractivity contribution in [1.82, 2.24) is 0 Å². The molecule has 7 nitrogen and oxygen atoms in total. The van der Waals surface area contributed by atoms with Crippen LogP contribution in [0.25, 0.3) is 0 Å². The molecule has 3 aliphatic heterocycles. The number of carbonyl (C=O) groups is 1. The van der Waals surface area contributed by atoms with Crippen molar-refractivity contribution in [3.05, 3.63) is 46.7 Å². The van der Waals surface area contributed by atoms with Crippen molar-refractivity contribution in [2.45, 2.75) is 10.8 Å². The van der Waals surface area contributed by atoms with E-state index >= 15 is 0 Å². The Bertz CT molecular complexity index is 1040. The number of fused-ring (bicyclic) bond motifs is 2. The van der Waals surface area contributed by atoms with Gasteiger partial charge in [-0.3, -0.25) is 0 Å². The molecule has 0 spiro atoms. The van der Waals surface area contributed by atoms with Crippen LogP contribution in [0.3, 0.4) is 0 Å². The summed E-state index contributed by atoms with van der Waals surface area (Å²) in [6, 6.07) is 7.79. The van der Waals surface area contributed by atoms with E-state index in [1.807, 2.05) is 30.5 Å². The summed E-state index contributed by atoms with van der Waals surface area (Å²) in [5.41, 5.74) is 4.09. The van der Waals surface area contributed by atoms with Crippen LogP contribution in [0.15, 0.2) is 40.4 Å². The van der Waals surface area contributed by atoms with Gasteiger partial charge in [-0.25, -0.2) is 4.79 Å². The first-order valence-corrected chi connectivity index (χ1v) is 10.3. The molecular weight excluding hydrogens is 394 g/mol. The average Bonchev–Trinajstić information content (AvgIpc) is 3.35. The van der Waals surface area contributed by atoms with E-state index in [1.165, 1.54) is 0 Å². The molecule has 0 bridgehead atoms. The van der Waals surface area contributed by atoms with Gasteiger partial charge in [-0.05, 0) is 35.6 Å². The minimum Gasteiger partial charge on any atom is -0.493 e. The highest BCUT2D eigenvalue weighted by atomic mass is 32.2. The third-order valence-electron chi connectivity index (χ3n) is 5.34. The quantitative estimate of drug-likeness (QED) is 0.603. The Morgan fingerprint density at radius 1 is 1.07 bits per heavy atom. The summed E-state index contributed by atoms with van der Waals surface area (Å²) in [5.74, 6) is 1.99. The number of rotatable bonds is 4. The van der Waals surface area contributed by atoms with Crippen molar-refractivity contribution < 1.29 is 28.5 Å². The molecule has 0 radical (unpaired) electrons. The number of hydrogen-bond acceptors (Lipinski definition) is 8. The summed E-state index contributed by atoms with van der Waals surface area (Å²) in [6.45, 7) is 0.409. The smallest absolute Gasteiger partial charge is 0.337 e. The standard InChI is InChI=1S/C21H19NO6S/c1-24-16-4-10(5-17(29-3)20(16)25-2)18-11-6-14-15(28-9-27-14)7-12(11)22-13-8-26-21(23)19(13)18/h4-7,18,22H,8-9H2,1-3H3. The van der Waals surface area contributed by atoms with Crippen molar-refractivity contribution in [2.24, 2.45) is 0 Å². The highest BCUT2D eigenvalue weighted by Gasteiger charge is 2.40. The lowest BCUT2D eigenvalue weighted by atomic mass is 9.81. The Morgan fingerprint density at radius 2 is 1.86 bits per heavy atom. The molecular formula is C21H19NO6S. The SMILES string of the molecule is COc1cc(C2C3=C(COC3=O)Nc3cc4c(cc32)OCO4)cc(SC)c1OC. The summed E-state index contributed by atoms with van der Waals surface area (Å²) in [7, 11) is 3.22. The Balaban J connectivity index is 1.74. The maximum atomic E-state index is 12.6. The number of benzene rings is 2. The van der Waals surface area contributed by atoms with E-state index in [4.69, 9.17) is 23.7 Å². The molecule has 2 aromatic carbocycles. The van der Waals surface area contributed by atoms with Gasteiger partial charge in [-0.15, -0.1) is 11.8 Å². The zero-order valence-corrected chi connectivity index (χ0v) is 17.0. The normalized spacial score (nSPS) is 18.7. The van der Waals surface area contributed by atoms with E-state index in [2.05, 4.69) is 5.32 Å². The number of anilines is 1. The summed E-state index contributed by atoms with van der Waals surface area (Å²) in [5, 5.41) is 3.34. The third-order valence-corrected chi connectivity index (χ3v) is 6.09. The maximum Gasteiger partial charge on any atom is 0.337 e. The number of cyclic esters (lactones) is 1. The first kappa shape index (κ1) is 18.1. The predicted molar refractivity (Wildman–Crippen MR) is 107 cm³/mol. The molecule has 29 heavy (non-hydrogen) atoms. The maximum absolute atomic E-state index is 12.6. The van der Waals surface area contributed by atoms with Gasteiger partial charge in [0.2, 0.25) is 6.79 Å². The molecule has 2 aromatic rings. The molecule has 8 heteroatoms. The monoisotopic (exact) mass is 413 g/mol. The lowest BCUT2D eigenvalue weighted by Crippen LogP contribution is -2.20. The second-order valence-electron chi connectivity index (χ2n) is 6.78. The number of ether oxygens (including phenoxy) is 5. The number of nitrogens with one attached hydrogen (secondary N) is 1. The zero-order valence-electron chi connectivity index (χ0n) is 16.2. The Kier molecular flexibility index (Phi) is 4.24. The Labute approximate surface area is 171 Å². The van der Waals surface area contributed by atoms with Crippen LogP contribution in [0.4, 0.5) is 5.69 Å². The molecule has 3 heterocycles. The summed E-state index contributed by atoms with van der Waals surface area (Å²) in [6.07, 6.45) is 1.98. The molecule has 0 aromatic heterocycles. The summed E-state index contributed by atoms with van der Waals surface area (Å²) >= 11 is 1.56. The van der Waals surface area contributed by atoms with Gasteiger partial charge in [0.05, 0.1) is 30.4 Å². The largest absolute Gasteiger partial charge is 0.493 e. The van der Waals surface area contributed by atoms with Gasteiger partial charge in [-0.2, -0.15) is 0 Å². The minimum atomic E-state index is -0.323. The molecule has 0 aliphatic carbocycles. The van der Waals surface area contributed by atoms with Gasteiger partial charge in [0.15, 0.2) is 23.0 Å². The highest BCUT2D eigenvalue weighted by molar-refractivity contribution is 7.98. The molecule has 0 fully saturated rings. The molecule has 1 atom stereocenters. The van der Waals surface area contributed by atoms with Crippen molar-refractivity contribution in [3.8, 4) is 23.0 Å². The second-order valence-corrected chi connectivity index (χ2v) is 7.63. The fourth-order valence-corrected chi connectivity index (χ4v) is 4.67. The van der Waals surface area contributed by atoms with Crippen molar-refractivity contribution in [1.29, 1.82) is 0 Å². The molecule has 0 saturated carbocycles. The van der Waals surface area contributed by atoms with Gasteiger partial charge in [0, 0.05) is 17.7 Å². The molecule has 1 N–H and O–H groups in total. The van der Waals surface area contributed by atoms with Crippen LogP contribution in [0.1, 0.15) is 17.0 Å².